The minimum absolute atomic E-state index is 0.0178. The fourth-order valence-electron chi connectivity index (χ4n) is 2.15. The molecule has 1 rings (SSSR count). The molecule has 1 heterocycles. The fourth-order valence-corrected chi connectivity index (χ4v) is 2.15. The minimum atomic E-state index is 0.0178. The first kappa shape index (κ1) is 15.7. The largest absolute Gasteiger partial charge is 0.351 e. The quantitative estimate of drug-likeness (QED) is 0.743. The number of nitrogens with zero attached hydrogens (tertiary/aromatic N) is 2. The Bertz CT molecular complexity index is 345. The number of rotatable bonds is 5. The van der Waals surface area contributed by atoms with E-state index in [1.807, 2.05) is 24.8 Å². The predicted molar refractivity (Wildman–Crippen MR) is 75.8 cm³/mol. The molecular formula is C14H25N3O2. The number of hydrogen-bond donors (Lipinski definition) is 1. The molecule has 2 amide bonds. The number of allylic oxidation sites excluding steroid dienone is 1. The molecule has 0 bridgehead atoms. The average molecular weight is 267 g/mol. The Labute approximate surface area is 115 Å². The summed E-state index contributed by atoms with van der Waals surface area (Å²) in [6.07, 6.45) is 2.81. The van der Waals surface area contributed by atoms with Crippen molar-refractivity contribution in [3.05, 3.63) is 11.6 Å². The number of amides is 2. The number of piperazine rings is 1. The average Bonchev–Trinajstić information content (AvgIpc) is 2.39. The highest BCUT2D eigenvalue weighted by atomic mass is 16.2. The van der Waals surface area contributed by atoms with Crippen molar-refractivity contribution in [2.24, 2.45) is 0 Å². The van der Waals surface area contributed by atoms with Crippen LogP contribution < -0.4 is 5.32 Å². The summed E-state index contributed by atoms with van der Waals surface area (Å²) in [5, 5.41) is 2.92. The molecule has 0 radical (unpaired) electrons. The van der Waals surface area contributed by atoms with Gasteiger partial charge >= 0.3 is 0 Å². The molecule has 1 saturated heterocycles. The Kier molecular flexibility index (Phi) is 6.56. The third-order valence-electron chi connectivity index (χ3n) is 3.40. The summed E-state index contributed by atoms with van der Waals surface area (Å²) in [4.78, 5) is 27.0. The number of nitrogens with one attached hydrogen (secondary N) is 1. The summed E-state index contributed by atoms with van der Waals surface area (Å²) in [5.74, 6) is 0.164. The van der Waals surface area contributed by atoms with E-state index in [1.165, 1.54) is 0 Å². The van der Waals surface area contributed by atoms with Crippen molar-refractivity contribution in [2.75, 3.05) is 39.3 Å². The van der Waals surface area contributed by atoms with Gasteiger partial charge in [-0.3, -0.25) is 14.5 Å². The normalized spacial score (nSPS) is 17.4. The SMILES string of the molecule is CCC=C(C)C(=O)NCCN1CCN(C(C)=O)CC1. The summed E-state index contributed by atoms with van der Waals surface area (Å²) in [7, 11) is 0. The lowest BCUT2D eigenvalue weighted by atomic mass is 10.2. The smallest absolute Gasteiger partial charge is 0.246 e. The van der Waals surface area contributed by atoms with Crippen LogP contribution >= 0.6 is 0 Å². The predicted octanol–water partition coefficient (Wildman–Crippen LogP) is 0.623. The molecule has 0 unspecified atom stereocenters. The van der Waals surface area contributed by atoms with Crippen LogP contribution in [0.5, 0.6) is 0 Å². The Balaban J connectivity index is 2.19. The summed E-state index contributed by atoms with van der Waals surface area (Å²) in [6.45, 7) is 10.3. The Morgan fingerprint density at radius 2 is 1.79 bits per heavy atom. The lowest BCUT2D eigenvalue weighted by Crippen LogP contribution is -2.49. The van der Waals surface area contributed by atoms with Crippen LogP contribution in [0.3, 0.4) is 0 Å². The van der Waals surface area contributed by atoms with Gasteiger partial charge in [0.05, 0.1) is 0 Å². The van der Waals surface area contributed by atoms with Gasteiger partial charge in [-0.05, 0) is 13.3 Å². The van der Waals surface area contributed by atoms with Crippen molar-refractivity contribution in [1.29, 1.82) is 0 Å². The van der Waals surface area contributed by atoms with E-state index < -0.39 is 0 Å². The van der Waals surface area contributed by atoms with Crippen molar-refractivity contribution in [1.82, 2.24) is 15.1 Å². The zero-order valence-electron chi connectivity index (χ0n) is 12.2. The van der Waals surface area contributed by atoms with Gasteiger partial charge in [0.2, 0.25) is 11.8 Å². The standard InChI is InChI=1S/C14H25N3O2/c1-4-5-12(2)14(19)15-6-7-16-8-10-17(11-9-16)13(3)18/h5H,4,6-11H2,1-3H3,(H,15,19). The molecule has 0 aromatic carbocycles. The number of carbonyl (C=O) groups excluding carboxylic acids is 2. The van der Waals surface area contributed by atoms with E-state index >= 15 is 0 Å². The van der Waals surface area contributed by atoms with Crippen LogP contribution in [0.1, 0.15) is 27.2 Å². The first-order valence-corrected chi connectivity index (χ1v) is 6.97. The maximum Gasteiger partial charge on any atom is 0.246 e. The lowest BCUT2D eigenvalue weighted by molar-refractivity contribution is -0.130. The van der Waals surface area contributed by atoms with Crippen molar-refractivity contribution in [2.45, 2.75) is 27.2 Å². The van der Waals surface area contributed by atoms with Gasteiger partial charge in [0.15, 0.2) is 0 Å². The second kappa shape index (κ2) is 7.94. The van der Waals surface area contributed by atoms with Crippen LogP contribution in [0, 0.1) is 0 Å². The minimum Gasteiger partial charge on any atom is -0.351 e. The van der Waals surface area contributed by atoms with Crippen LogP contribution in [0.25, 0.3) is 0 Å². The molecule has 1 N–H and O–H groups in total. The highest BCUT2D eigenvalue weighted by molar-refractivity contribution is 5.92. The van der Waals surface area contributed by atoms with E-state index in [4.69, 9.17) is 0 Å². The van der Waals surface area contributed by atoms with Crippen LogP contribution in [-0.2, 0) is 9.59 Å². The van der Waals surface area contributed by atoms with E-state index in [-0.39, 0.29) is 11.8 Å². The highest BCUT2D eigenvalue weighted by Gasteiger charge is 2.18. The molecule has 1 aliphatic heterocycles. The molecule has 0 saturated carbocycles. The van der Waals surface area contributed by atoms with Gasteiger partial charge in [-0.15, -0.1) is 0 Å². The third-order valence-corrected chi connectivity index (χ3v) is 3.40. The van der Waals surface area contributed by atoms with E-state index in [2.05, 4.69) is 10.2 Å². The summed E-state index contributed by atoms with van der Waals surface area (Å²) < 4.78 is 0. The zero-order valence-corrected chi connectivity index (χ0v) is 12.2. The van der Waals surface area contributed by atoms with Crippen LogP contribution in [0.2, 0.25) is 0 Å². The second-order valence-electron chi connectivity index (χ2n) is 4.90. The maximum absolute atomic E-state index is 11.7. The number of hydrogen-bond acceptors (Lipinski definition) is 3. The molecule has 0 spiro atoms. The Hall–Kier alpha value is -1.36. The molecular weight excluding hydrogens is 242 g/mol. The molecule has 1 aliphatic rings. The van der Waals surface area contributed by atoms with Gasteiger partial charge in [-0.25, -0.2) is 0 Å². The van der Waals surface area contributed by atoms with E-state index in [0.29, 0.717) is 6.54 Å². The highest BCUT2D eigenvalue weighted by Crippen LogP contribution is 2.01. The Morgan fingerprint density at radius 1 is 1.16 bits per heavy atom. The molecule has 5 heteroatoms. The van der Waals surface area contributed by atoms with Gasteiger partial charge in [-0.1, -0.05) is 13.0 Å². The summed E-state index contributed by atoms with van der Waals surface area (Å²) in [5.41, 5.74) is 0.781. The molecule has 1 fully saturated rings. The van der Waals surface area contributed by atoms with Gasteiger partial charge in [-0.2, -0.15) is 0 Å². The van der Waals surface area contributed by atoms with Gasteiger partial charge < -0.3 is 10.2 Å². The van der Waals surface area contributed by atoms with Crippen molar-refractivity contribution in [3.8, 4) is 0 Å². The van der Waals surface area contributed by atoms with Gasteiger partial charge in [0.25, 0.3) is 0 Å². The monoisotopic (exact) mass is 267 g/mol. The first-order valence-electron chi connectivity index (χ1n) is 6.97. The Morgan fingerprint density at radius 3 is 2.32 bits per heavy atom. The molecule has 5 nitrogen and oxygen atoms in total. The number of carbonyl (C=O) groups is 2. The summed E-state index contributed by atoms with van der Waals surface area (Å²) >= 11 is 0. The molecule has 0 atom stereocenters. The van der Waals surface area contributed by atoms with E-state index in [1.54, 1.807) is 6.92 Å². The van der Waals surface area contributed by atoms with Gasteiger partial charge in [0, 0.05) is 51.8 Å². The molecule has 108 valence electrons. The van der Waals surface area contributed by atoms with E-state index in [0.717, 1.165) is 44.7 Å². The first-order chi connectivity index (χ1) is 9.04. The van der Waals surface area contributed by atoms with Crippen LogP contribution in [0.15, 0.2) is 11.6 Å². The topological polar surface area (TPSA) is 52.7 Å². The molecule has 0 aromatic heterocycles. The van der Waals surface area contributed by atoms with E-state index in [9.17, 15) is 9.59 Å². The van der Waals surface area contributed by atoms with Crippen LogP contribution in [-0.4, -0.2) is 60.9 Å². The van der Waals surface area contributed by atoms with Crippen molar-refractivity contribution >= 4 is 11.8 Å². The third kappa shape index (κ3) is 5.42. The van der Waals surface area contributed by atoms with Crippen molar-refractivity contribution < 1.29 is 9.59 Å². The molecule has 0 aliphatic carbocycles. The molecule has 19 heavy (non-hydrogen) atoms. The van der Waals surface area contributed by atoms with Crippen LogP contribution in [0.4, 0.5) is 0 Å². The fraction of sp³-hybridized carbons (Fsp3) is 0.714. The molecule has 0 aromatic rings. The zero-order chi connectivity index (χ0) is 14.3. The van der Waals surface area contributed by atoms with Gasteiger partial charge in [0.1, 0.15) is 0 Å². The second-order valence-corrected chi connectivity index (χ2v) is 4.90. The lowest BCUT2D eigenvalue weighted by Gasteiger charge is -2.34. The van der Waals surface area contributed by atoms with Crippen molar-refractivity contribution in [3.63, 3.8) is 0 Å². The summed E-state index contributed by atoms with van der Waals surface area (Å²) in [6, 6.07) is 0. The maximum atomic E-state index is 11.7.